The molecular weight excluding hydrogens is 275 g/mol. The number of anilines is 1. The highest BCUT2D eigenvalue weighted by Crippen LogP contribution is 2.22. The van der Waals surface area contributed by atoms with Gasteiger partial charge in [0, 0.05) is 16.6 Å². The summed E-state index contributed by atoms with van der Waals surface area (Å²) in [5.41, 5.74) is 1.33. The highest BCUT2D eigenvalue weighted by molar-refractivity contribution is 6.65. The van der Waals surface area contributed by atoms with Gasteiger partial charge in [-0.2, -0.15) is 0 Å². The fourth-order valence-corrected chi connectivity index (χ4v) is 1.28. The van der Waals surface area contributed by atoms with Gasteiger partial charge in [-0.3, -0.25) is 10.2 Å². The van der Waals surface area contributed by atoms with E-state index in [2.05, 4.69) is 15.3 Å². The molecule has 0 spiro atoms. The maximum atomic E-state index is 11.5. The number of hydrogen-bond donors (Lipinski definition) is 1. The summed E-state index contributed by atoms with van der Waals surface area (Å²) in [6.45, 7) is 5.48. The Labute approximate surface area is 116 Å². The first kappa shape index (κ1) is 14.8. The zero-order valence-corrected chi connectivity index (χ0v) is 11.8. The molecule has 0 atom stereocenters. The van der Waals surface area contributed by atoms with Gasteiger partial charge in [-0.1, -0.05) is 48.3 Å². The Kier molecular flexibility index (Phi) is 5.44. The zero-order valence-electron chi connectivity index (χ0n) is 10.3. The first-order valence-corrected chi connectivity index (χ1v) is 6.14. The standard InChI is InChI=1S/C12H14Cl2N2O2/c1-7(2)11(14)16-18-12(17)15-10-6-4-5-9(13)8(10)3/h4-7H,1-3H3,(H,15,17). The van der Waals surface area contributed by atoms with Gasteiger partial charge < -0.3 is 0 Å². The van der Waals surface area contributed by atoms with E-state index in [0.29, 0.717) is 10.7 Å². The highest BCUT2D eigenvalue weighted by Gasteiger charge is 2.08. The van der Waals surface area contributed by atoms with Crippen molar-refractivity contribution in [2.45, 2.75) is 20.8 Å². The minimum Gasteiger partial charge on any atom is -0.297 e. The minimum absolute atomic E-state index is 0.00683. The molecule has 1 amide bonds. The fraction of sp³-hybridized carbons (Fsp3) is 0.333. The van der Waals surface area contributed by atoms with Crippen molar-refractivity contribution < 1.29 is 9.63 Å². The maximum Gasteiger partial charge on any atom is 0.437 e. The van der Waals surface area contributed by atoms with Crippen LogP contribution in [0.25, 0.3) is 0 Å². The van der Waals surface area contributed by atoms with Crippen LogP contribution in [0.2, 0.25) is 5.02 Å². The summed E-state index contributed by atoms with van der Waals surface area (Å²) >= 11 is 11.7. The van der Waals surface area contributed by atoms with Crippen molar-refractivity contribution in [1.29, 1.82) is 0 Å². The summed E-state index contributed by atoms with van der Waals surface area (Å²) in [7, 11) is 0. The Balaban J connectivity index is 2.66. The number of halogens is 2. The fourth-order valence-electron chi connectivity index (χ4n) is 1.07. The molecule has 1 aromatic carbocycles. The molecule has 0 saturated carbocycles. The lowest BCUT2D eigenvalue weighted by atomic mass is 10.2. The minimum atomic E-state index is -0.709. The second kappa shape index (κ2) is 6.61. The van der Waals surface area contributed by atoms with Crippen molar-refractivity contribution in [2.24, 2.45) is 11.1 Å². The topological polar surface area (TPSA) is 50.7 Å². The average Bonchev–Trinajstić information content (AvgIpc) is 2.32. The molecule has 1 rings (SSSR count). The third-order valence-corrected chi connectivity index (χ3v) is 3.11. The lowest BCUT2D eigenvalue weighted by Gasteiger charge is -2.08. The molecule has 0 aliphatic rings. The number of nitrogens with one attached hydrogen (secondary N) is 1. The molecule has 0 bridgehead atoms. The van der Waals surface area contributed by atoms with Crippen molar-refractivity contribution in [2.75, 3.05) is 5.32 Å². The van der Waals surface area contributed by atoms with Gasteiger partial charge in [0.25, 0.3) is 0 Å². The van der Waals surface area contributed by atoms with Crippen LogP contribution in [-0.4, -0.2) is 11.3 Å². The maximum absolute atomic E-state index is 11.5. The SMILES string of the molecule is Cc1c(Cl)cccc1NC(=O)ON=C(Cl)C(C)C. The summed E-state index contributed by atoms with van der Waals surface area (Å²) in [6.07, 6.45) is -0.709. The van der Waals surface area contributed by atoms with E-state index in [1.54, 1.807) is 25.1 Å². The van der Waals surface area contributed by atoms with Crippen LogP contribution in [0.4, 0.5) is 10.5 Å². The van der Waals surface area contributed by atoms with E-state index in [9.17, 15) is 4.79 Å². The molecule has 0 radical (unpaired) electrons. The van der Waals surface area contributed by atoms with Gasteiger partial charge in [-0.15, -0.1) is 0 Å². The van der Waals surface area contributed by atoms with Crippen molar-refractivity contribution in [3.63, 3.8) is 0 Å². The van der Waals surface area contributed by atoms with Gasteiger partial charge in [0.1, 0.15) is 5.17 Å². The van der Waals surface area contributed by atoms with E-state index in [1.807, 2.05) is 13.8 Å². The van der Waals surface area contributed by atoms with E-state index in [4.69, 9.17) is 23.2 Å². The predicted octanol–water partition coefficient (Wildman–Crippen LogP) is 4.41. The second-order valence-electron chi connectivity index (χ2n) is 3.98. The normalized spacial score (nSPS) is 11.6. The number of carbonyl (C=O) groups is 1. The molecule has 0 aliphatic heterocycles. The predicted molar refractivity (Wildman–Crippen MR) is 74.4 cm³/mol. The number of amides is 1. The van der Waals surface area contributed by atoms with Crippen LogP contribution in [-0.2, 0) is 4.84 Å². The molecule has 0 aromatic heterocycles. The summed E-state index contributed by atoms with van der Waals surface area (Å²) in [5, 5.41) is 6.84. The Morgan fingerprint density at radius 1 is 1.44 bits per heavy atom. The molecular formula is C12H14Cl2N2O2. The van der Waals surface area contributed by atoms with Crippen LogP contribution in [0.15, 0.2) is 23.4 Å². The number of carbonyl (C=O) groups excluding carboxylic acids is 1. The Morgan fingerprint density at radius 3 is 2.72 bits per heavy atom. The molecule has 4 nitrogen and oxygen atoms in total. The van der Waals surface area contributed by atoms with E-state index < -0.39 is 6.09 Å². The molecule has 1 aromatic rings. The summed E-state index contributed by atoms with van der Waals surface area (Å²) in [5.74, 6) is 0.00683. The van der Waals surface area contributed by atoms with Crippen molar-refractivity contribution in [3.8, 4) is 0 Å². The highest BCUT2D eigenvalue weighted by atomic mass is 35.5. The van der Waals surface area contributed by atoms with Gasteiger partial charge in [0.05, 0.1) is 0 Å². The van der Waals surface area contributed by atoms with Crippen molar-refractivity contribution in [1.82, 2.24) is 0 Å². The first-order chi connectivity index (χ1) is 8.41. The molecule has 0 unspecified atom stereocenters. The number of benzene rings is 1. The molecule has 1 N–H and O–H groups in total. The van der Waals surface area contributed by atoms with Crippen molar-refractivity contribution >= 4 is 40.2 Å². The molecule has 0 aliphatic carbocycles. The molecule has 0 saturated heterocycles. The monoisotopic (exact) mass is 288 g/mol. The number of nitrogens with zero attached hydrogens (tertiary/aromatic N) is 1. The first-order valence-electron chi connectivity index (χ1n) is 5.38. The molecule has 98 valence electrons. The summed E-state index contributed by atoms with van der Waals surface area (Å²) in [4.78, 5) is 16.1. The molecule has 0 fully saturated rings. The van der Waals surface area contributed by atoms with Gasteiger partial charge >= 0.3 is 6.09 Å². The Hall–Kier alpha value is -1.26. The van der Waals surface area contributed by atoms with Gasteiger partial charge in [-0.05, 0) is 24.6 Å². The van der Waals surface area contributed by atoms with Crippen LogP contribution in [0.1, 0.15) is 19.4 Å². The number of hydrogen-bond acceptors (Lipinski definition) is 3. The number of oxime groups is 1. The largest absolute Gasteiger partial charge is 0.437 e. The van der Waals surface area contributed by atoms with Crippen LogP contribution in [0, 0.1) is 12.8 Å². The van der Waals surface area contributed by atoms with Crippen LogP contribution >= 0.6 is 23.2 Å². The molecule has 0 heterocycles. The third-order valence-electron chi connectivity index (χ3n) is 2.20. The Morgan fingerprint density at radius 2 is 2.11 bits per heavy atom. The van der Waals surface area contributed by atoms with Gasteiger partial charge in [0.2, 0.25) is 0 Å². The van der Waals surface area contributed by atoms with E-state index in [-0.39, 0.29) is 11.1 Å². The average molecular weight is 289 g/mol. The van der Waals surface area contributed by atoms with Gasteiger partial charge in [0.15, 0.2) is 0 Å². The third kappa shape index (κ3) is 4.20. The van der Waals surface area contributed by atoms with Crippen LogP contribution in [0.5, 0.6) is 0 Å². The second-order valence-corrected chi connectivity index (χ2v) is 4.78. The van der Waals surface area contributed by atoms with Crippen molar-refractivity contribution in [3.05, 3.63) is 28.8 Å². The lowest BCUT2D eigenvalue weighted by Crippen LogP contribution is -2.13. The zero-order chi connectivity index (χ0) is 13.7. The van der Waals surface area contributed by atoms with E-state index in [0.717, 1.165) is 5.56 Å². The van der Waals surface area contributed by atoms with Crippen LogP contribution < -0.4 is 5.32 Å². The van der Waals surface area contributed by atoms with Gasteiger partial charge in [-0.25, -0.2) is 4.79 Å². The summed E-state index contributed by atoms with van der Waals surface area (Å²) < 4.78 is 0. The van der Waals surface area contributed by atoms with E-state index >= 15 is 0 Å². The Bertz CT molecular complexity index is 473. The smallest absolute Gasteiger partial charge is 0.297 e. The number of rotatable bonds is 3. The quantitative estimate of drug-likeness (QED) is 0.509. The summed E-state index contributed by atoms with van der Waals surface area (Å²) in [6, 6.07) is 5.19. The molecule has 18 heavy (non-hydrogen) atoms. The lowest BCUT2D eigenvalue weighted by molar-refractivity contribution is 0.166. The van der Waals surface area contributed by atoms with E-state index in [1.165, 1.54) is 0 Å². The molecule has 6 heteroatoms. The van der Waals surface area contributed by atoms with Crippen LogP contribution in [0.3, 0.4) is 0 Å².